The molecule has 4 aromatic rings. The van der Waals surface area contributed by atoms with Crippen molar-refractivity contribution in [2.75, 3.05) is 0 Å². The molecule has 4 rings (SSSR count). The van der Waals surface area contributed by atoms with Crippen molar-refractivity contribution in [1.29, 1.82) is 0 Å². The van der Waals surface area contributed by atoms with Gasteiger partial charge < -0.3 is 4.98 Å². The summed E-state index contributed by atoms with van der Waals surface area (Å²) in [6, 6.07) is 18.0. The molecule has 0 aliphatic heterocycles. The molecule has 0 atom stereocenters. The SMILES string of the molecule is c1ccc(-c2nc(SCc3nc4ccccc4[nH]3)n[nH]2)cc1. The average Bonchev–Trinajstić information content (AvgIpc) is 3.20. The van der Waals surface area contributed by atoms with Crippen LogP contribution in [0.5, 0.6) is 0 Å². The van der Waals surface area contributed by atoms with Crippen molar-refractivity contribution in [3.05, 3.63) is 60.4 Å². The second-order valence-electron chi connectivity index (χ2n) is 4.82. The first kappa shape index (κ1) is 13.1. The van der Waals surface area contributed by atoms with E-state index in [0.717, 1.165) is 33.4 Å². The van der Waals surface area contributed by atoms with Crippen LogP contribution in [-0.4, -0.2) is 25.1 Å². The van der Waals surface area contributed by atoms with Gasteiger partial charge in [-0.1, -0.05) is 54.2 Å². The summed E-state index contributed by atoms with van der Waals surface area (Å²) in [5.74, 6) is 2.42. The number of H-pyrrole nitrogens is 2. The van der Waals surface area contributed by atoms with Crippen molar-refractivity contribution in [2.45, 2.75) is 10.9 Å². The van der Waals surface area contributed by atoms with Crippen LogP contribution >= 0.6 is 11.8 Å². The van der Waals surface area contributed by atoms with E-state index in [9.17, 15) is 0 Å². The van der Waals surface area contributed by atoms with Crippen LogP contribution < -0.4 is 0 Å². The van der Waals surface area contributed by atoms with Gasteiger partial charge in [-0.15, -0.1) is 5.10 Å². The summed E-state index contributed by atoms with van der Waals surface area (Å²) in [7, 11) is 0. The molecule has 0 saturated heterocycles. The maximum atomic E-state index is 4.55. The van der Waals surface area contributed by atoms with Crippen molar-refractivity contribution in [2.24, 2.45) is 0 Å². The van der Waals surface area contributed by atoms with E-state index < -0.39 is 0 Å². The van der Waals surface area contributed by atoms with Crippen LogP contribution in [0.4, 0.5) is 0 Å². The van der Waals surface area contributed by atoms with E-state index in [1.54, 1.807) is 11.8 Å². The summed E-state index contributed by atoms with van der Waals surface area (Å²) in [5.41, 5.74) is 3.07. The van der Waals surface area contributed by atoms with E-state index in [-0.39, 0.29) is 0 Å². The molecule has 0 saturated carbocycles. The lowest BCUT2D eigenvalue weighted by Gasteiger charge is -1.93. The van der Waals surface area contributed by atoms with Gasteiger partial charge in [0.25, 0.3) is 0 Å². The van der Waals surface area contributed by atoms with Gasteiger partial charge in [-0.3, -0.25) is 5.10 Å². The number of thioether (sulfide) groups is 1. The standard InChI is InChI=1S/C16H13N5S/c1-2-6-11(7-3-1)15-19-16(21-20-15)22-10-14-17-12-8-4-5-9-13(12)18-14/h1-9H,10H2,(H,17,18)(H,19,20,21). The van der Waals surface area contributed by atoms with E-state index in [1.165, 1.54) is 0 Å². The van der Waals surface area contributed by atoms with Crippen LogP contribution in [0, 0.1) is 0 Å². The minimum Gasteiger partial charge on any atom is -0.341 e. The molecule has 0 aliphatic rings. The lowest BCUT2D eigenvalue weighted by Crippen LogP contribution is -1.84. The number of aromatic nitrogens is 5. The molecule has 5 nitrogen and oxygen atoms in total. The zero-order valence-corrected chi connectivity index (χ0v) is 12.5. The molecule has 0 fully saturated rings. The zero-order chi connectivity index (χ0) is 14.8. The van der Waals surface area contributed by atoms with Gasteiger partial charge >= 0.3 is 0 Å². The van der Waals surface area contributed by atoms with Gasteiger partial charge in [-0.25, -0.2) is 9.97 Å². The molecule has 2 aromatic carbocycles. The summed E-state index contributed by atoms with van der Waals surface area (Å²) in [6.45, 7) is 0. The quantitative estimate of drug-likeness (QED) is 0.565. The van der Waals surface area contributed by atoms with Crippen molar-refractivity contribution >= 4 is 22.8 Å². The van der Waals surface area contributed by atoms with Crippen LogP contribution in [0.25, 0.3) is 22.4 Å². The number of nitrogens with zero attached hydrogens (tertiary/aromatic N) is 3. The summed E-state index contributed by atoms with van der Waals surface area (Å²) in [5, 5.41) is 7.94. The Morgan fingerprint density at radius 2 is 1.73 bits per heavy atom. The minimum absolute atomic E-state index is 0.709. The molecule has 6 heteroatoms. The van der Waals surface area contributed by atoms with E-state index in [0.29, 0.717) is 5.75 Å². The highest BCUT2D eigenvalue weighted by molar-refractivity contribution is 7.98. The fourth-order valence-corrected chi connectivity index (χ4v) is 2.91. The highest BCUT2D eigenvalue weighted by atomic mass is 32.2. The predicted octanol–water partition coefficient (Wildman–Crippen LogP) is 3.64. The third kappa shape index (κ3) is 2.60. The van der Waals surface area contributed by atoms with Crippen molar-refractivity contribution in [1.82, 2.24) is 25.1 Å². The van der Waals surface area contributed by atoms with Gasteiger partial charge in [0, 0.05) is 5.56 Å². The number of hydrogen-bond acceptors (Lipinski definition) is 4. The molecule has 2 heterocycles. The number of benzene rings is 2. The molecule has 0 bridgehead atoms. The monoisotopic (exact) mass is 307 g/mol. The van der Waals surface area contributed by atoms with Crippen LogP contribution in [0.2, 0.25) is 0 Å². The van der Waals surface area contributed by atoms with E-state index >= 15 is 0 Å². The largest absolute Gasteiger partial charge is 0.341 e. The summed E-state index contributed by atoms with van der Waals surface area (Å²) in [6.07, 6.45) is 0. The van der Waals surface area contributed by atoms with Gasteiger partial charge in [0.05, 0.1) is 16.8 Å². The lowest BCUT2D eigenvalue weighted by molar-refractivity contribution is 0.970. The first-order chi connectivity index (χ1) is 10.9. The molecular formula is C16H13N5S. The highest BCUT2D eigenvalue weighted by Gasteiger charge is 2.08. The molecule has 22 heavy (non-hydrogen) atoms. The lowest BCUT2D eigenvalue weighted by atomic mass is 10.2. The average molecular weight is 307 g/mol. The Kier molecular flexibility index (Phi) is 3.36. The van der Waals surface area contributed by atoms with Crippen molar-refractivity contribution in [3.8, 4) is 11.4 Å². The molecule has 0 amide bonds. The second kappa shape index (κ2) is 5.65. The number of aromatic amines is 2. The molecule has 0 spiro atoms. The van der Waals surface area contributed by atoms with E-state index in [4.69, 9.17) is 0 Å². The molecule has 2 aromatic heterocycles. The van der Waals surface area contributed by atoms with Crippen LogP contribution in [0.3, 0.4) is 0 Å². The van der Waals surface area contributed by atoms with Gasteiger partial charge in [-0.05, 0) is 12.1 Å². The number of fused-ring (bicyclic) bond motifs is 1. The Bertz CT molecular complexity index is 864. The Hall–Kier alpha value is -2.60. The first-order valence-electron chi connectivity index (χ1n) is 6.93. The van der Waals surface area contributed by atoms with Gasteiger partial charge in [-0.2, -0.15) is 0 Å². The molecule has 0 radical (unpaired) electrons. The molecular weight excluding hydrogens is 294 g/mol. The number of hydrogen-bond donors (Lipinski definition) is 2. The fraction of sp³-hybridized carbons (Fsp3) is 0.0625. The highest BCUT2D eigenvalue weighted by Crippen LogP contribution is 2.22. The Balaban J connectivity index is 1.49. The Labute approximate surface area is 131 Å². The smallest absolute Gasteiger partial charge is 0.209 e. The first-order valence-corrected chi connectivity index (χ1v) is 7.91. The Morgan fingerprint density at radius 1 is 0.909 bits per heavy atom. The van der Waals surface area contributed by atoms with E-state index in [1.807, 2.05) is 54.6 Å². The van der Waals surface area contributed by atoms with Gasteiger partial charge in [0.1, 0.15) is 5.82 Å². The van der Waals surface area contributed by atoms with Gasteiger partial charge in [0.15, 0.2) is 5.82 Å². The second-order valence-corrected chi connectivity index (χ2v) is 5.76. The number of para-hydroxylation sites is 2. The number of nitrogens with one attached hydrogen (secondary N) is 2. The normalized spacial score (nSPS) is 11.1. The topological polar surface area (TPSA) is 70.2 Å². The third-order valence-corrected chi connectivity index (χ3v) is 4.15. The third-order valence-electron chi connectivity index (χ3n) is 3.29. The number of rotatable bonds is 4. The predicted molar refractivity (Wildman–Crippen MR) is 87.5 cm³/mol. The maximum absolute atomic E-state index is 4.55. The van der Waals surface area contributed by atoms with Crippen molar-refractivity contribution < 1.29 is 0 Å². The summed E-state index contributed by atoms with van der Waals surface area (Å²) < 4.78 is 0. The molecule has 108 valence electrons. The van der Waals surface area contributed by atoms with E-state index in [2.05, 4.69) is 25.1 Å². The van der Waals surface area contributed by atoms with Crippen LogP contribution in [0.15, 0.2) is 59.8 Å². The molecule has 0 unspecified atom stereocenters. The maximum Gasteiger partial charge on any atom is 0.209 e. The minimum atomic E-state index is 0.709. The van der Waals surface area contributed by atoms with Crippen LogP contribution in [0.1, 0.15) is 5.82 Å². The van der Waals surface area contributed by atoms with Crippen molar-refractivity contribution in [3.63, 3.8) is 0 Å². The Morgan fingerprint density at radius 3 is 2.59 bits per heavy atom. The summed E-state index contributed by atoms with van der Waals surface area (Å²) in [4.78, 5) is 12.4. The zero-order valence-electron chi connectivity index (χ0n) is 11.7. The molecule has 2 N–H and O–H groups in total. The number of imidazole rings is 1. The summed E-state index contributed by atoms with van der Waals surface area (Å²) >= 11 is 1.56. The van der Waals surface area contributed by atoms with Gasteiger partial charge in [0.2, 0.25) is 5.16 Å². The fourth-order valence-electron chi connectivity index (χ4n) is 2.24. The molecule has 0 aliphatic carbocycles. The van der Waals surface area contributed by atoms with Crippen LogP contribution in [-0.2, 0) is 5.75 Å².